The molecule has 4 amide bonds. The van der Waals surface area contributed by atoms with Gasteiger partial charge in [-0.05, 0) is 19.8 Å². The molecule has 0 radical (unpaired) electrons. The molecule has 1 saturated heterocycles. The summed E-state index contributed by atoms with van der Waals surface area (Å²) in [4.78, 5) is 59.3. The fourth-order valence-electron chi connectivity index (χ4n) is 2.67. The minimum Gasteiger partial charge on any atom is -0.480 e. The van der Waals surface area contributed by atoms with Crippen LogP contribution in [-0.2, 0) is 24.0 Å². The molecular formula is C15H25N5O7. The van der Waals surface area contributed by atoms with Crippen molar-refractivity contribution >= 4 is 29.6 Å². The molecule has 1 fully saturated rings. The second kappa shape index (κ2) is 9.83. The number of carbonyl (C=O) groups is 5. The van der Waals surface area contributed by atoms with Crippen molar-refractivity contribution in [1.29, 1.82) is 0 Å². The van der Waals surface area contributed by atoms with Crippen LogP contribution in [-0.4, -0.2) is 82.0 Å². The average molecular weight is 387 g/mol. The summed E-state index contributed by atoms with van der Waals surface area (Å²) in [7, 11) is 0. The lowest BCUT2D eigenvalue weighted by Gasteiger charge is -2.24. The maximum Gasteiger partial charge on any atom is 0.326 e. The predicted octanol–water partition coefficient (Wildman–Crippen LogP) is -3.75. The zero-order valence-electron chi connectivity index (χ0n) is 14.9. The highest BCUT2D eigenvalue weighted by atomic mass is 16.4. The van der Waals surface area contributed by atoms with Gasteiger partial charge in [-0.3, -0.25) is 19.2 Å². The number of carbonyl (C=O) groups excluding carboxylic acids is 4. The highest BCUT2D eigenvalue weighted by molar-refractivity contribution is 5.94. The Kier molecular flexibility index (Phi) is 8.12. The van der Waals surface area contributed by atoms with Gasteiger partial charge in [0.1, 0.15) is 12.1 Å². The van der Waals surface area contributed by atoms with E-state index in [1.165, 1.54) is 6.92 Å². The minimum atomic E-state index is -1.42. The minimum absolute atomic E-state index is 0.268. The number of aliphatic carboxylic acids is 1. The SMILES string of the molecule is CC(O)C(NC(=O)C(N)CC(N)=O)C(=O)NCC(=O)N1CCCC1C(=O)O. The Morgan fingerprint density at radius 2 is 1.85 bits per heavy atom. The van der Waals surface area contributed by atoms with Crippen LogP contribution >= 0.6 is 0 Å². The smallest absolute Gasteiger partial charge is 0.326 e. The number of primary amides is 1. The largest absolute Gasteiger partial charge is 0.480 e. The van der Waals surface area contributed by atoms with Gasteiger partial charge in [0.15, 0.2) is 0 Å². The molecule has 12 nitrogen and oxygen atoms in total. The number of amides is 4. The molecule has 0 aromatic rings. The third-order valence-corrected chi connectivity index (χ3v) is 4.09. The van der Waals surface area contributed by atoms with E-state index in [1.807, 2.05) is 0 Å². The summed E-state index contributed by atoms with van der Waals surface area (Å²) >= 11 is 0. The van der Waals surface area contributed by atoms with Gasteiger partial charge < -0.3 is 37.2 Å². The van der Waals surface area contributed by atoms with E-state index in [0.717, 1.165) is 4.90 Å². The molecule has 4 unspecified atom stereocenters. The van der Waals surface area contributed by atoms with Gasteiger partial charge in [0, 0.05) is 6.54 Å². The van der Waals surface area contributed by atoms with Gasteiger partial charge in [-0.25, -0.2) is 4.79 Å². The molecule has 1 aliphatic rings. The summed E-state index contributed by atoms with van der Waals surface area (Å²) in [5.41, 5.74) is 10.4. The number of hydrogen-bond donors (Lipinski definition) is 6. The number of nitrogens with one attached hydrogen (secondary N) is 2. The molecule has 0 bridgehead atoms. The molecule has 0 spiro atoms. The lowest BCUT2D eigenvalue weighted by molar-refractivity contribution is -0.148. The summed E-state index contributed by atoms with van der Waals surface area (Å²) in [6.45, 7) is 1.02. The van der Waals surface area contributed by atoms with Crippen LogP contribution in [0.15, 0.2) is 0 Å². The molecule has 152 valence electrons. The molecule has 8 N–H and O–H groups in total. The third-order valence-electron chi connectivity index (χ3n) is 4.09. The fraction of sp³-hybridized carbons (Fsp3) is 0.667. The Balaban J connectivity index is 2.63. The maximum atomic E-state index is 12.2. The van der Waals surface area contributed by atoms with E-state index in [1.54, 1.807) is 0 Å². The van der Waals surface area contributed by atoms with Crippen molar-refractivity contribution in [3.8, 4) is 0 Å². The van der Waals surface area contributed by atoms with Crippen LogP contribution < -0.4 is 22.1 Å². The zero-order chi connectivity index (χ0) is 20.7. The van der Waals surface area contributed by atoms with E-state index in [2.05, 4.69) is 10.6 Å². The molecule has 12 heteroatoms. The quantitative estimate of drug-likeness (QED) is 0.231. The summed E-state index contributed by atoms with van der Waals surface area (Å²) in [6.07, 6.45) is -0.882. The van der Waals surface area contributed by atoms with Gasteiger partial charge >= 0.3 is 5.97 Å². The van der Waals surface area contributed by atoms with Gasteiger partial charge in [0.2, 0.25) is 23.6 Å². The van der Waals surface area contributed by atoms with Crippen LogP contribution in [0.1, 0.15) is 26.2 Å². The summed E-state index contributed by atoms with van der Waals surface area (Å²) in [6, 6.07) is -3.65. The lowest BCUT2D eigenvalue weighted by Crippen LogP contribution is -2.57. The first kappa shape index (κ1) is 22.3. The van der Waals surface area contributed by atoms with E-state index < -0.39 is 66.8 Å². The van der Waals surface area contributed by atoms with Crippen LogP contribution in [0.3, 0.4) is 0 Å². The van der Waals surface area contributed by atoms with Crippen molar-refractivity contribution in [2.24, 2.45) is 11.5 Å². The first-order chi connectivity index (χ1) is 12.5. The molecule has 0 aromatic carbocycles. The molecule has 0 saturated carbocycles. The van der Waals surface area contributed by atoms with E-state index in [9.17, 15) is 29.1 Å². The highest BCUT2D eigenvalue weighted by Crippen LogP contribution is 2.17. The zero-order valence-corrected chi connectivity index (χ0v) is 14.9. The number of carboxylic acid groups (broad SMARTS) is 1. The maximum absolute atomic E-state index is 12.2. The topological polar surface area (TPSA) is 205 Å². The lowest BCUT2D eigenvalue weighted by atomic mass is 10.1. The summed E-state index contributed by atoms with van der Waals surface area (Å²) < 4.78 is 0. The summed E-state index contributed by atoms with van der Waals surface area (Å²) in [5.74, 6) is -4.24. The Hall–Kier alpha value is -2.73. The monoisotopic (exact) mass is 387 g/mol. The van der Waals surface area contributed by atoms with Crippen molar-refractivity contribution in [3.05, 3.63) is 0 Å². The van der Waals surface area contributed by atoms with E-state index in [4.69, 9.17) is 16.6 Å². The molecule has 27 heavy (non-hydrogen) atoms. The number of rotatable bonds is 9. The van der Waals surface area contributed by atoms with Crippen LogP contribution in [0.5, 0.6) is 0 Å². The Bertz CT molecular complexity index is 609. The van der Waals surface area contributed by atoms with E-state index in [0.29, 0.717) is 12.8 Å². The normalized spacial score (nSPS) is 19.7. The van der Waals surface area contributed by atoms with Crippen molar-refractivity contribution in [1.82, 2.24) is 15.5 Å². The Labute approximate surface area is 155 Å². The number of nitrogens with two attached hydrogens (primary N) is 2. The number of aliphatic hydroxyl groups excluding tert-OH is 1. The predicted molar refractivity (Wildman–Crippen MR) is 90.8 cm³/mol. The number of carboxylic acids is 1. The number of aliphatic hydroxyl groups is 1. The molecule has 1 rings (SSSR count). The van der Waals surface area contributed by atoms with Crippen LogP contribution in [0.4, 0.5) is 0 Å². The van der Waals surface area contributed by atoms with Crippen LogP contribution in [0.25, 0.3) is 0 Å². The van der Waals surface area contributed by atoms with E-state index >= 15 is 0 Å². The van der Waals surface area contributed by atoms with Gasteiger partial charge in [-0.2, -0.15) is 0 Å². The first-order valence-electron chi connectivity index (χ1n) is 8.37. The number of nitrogens with zero attached hydrogens (tertiary/aromatic N) is 1. The summed E-state index contributed by atoms with van der Waals surface area (Å²) in [5, 5.41) is 23.2. The standard InChI is InChI=1S/C15H25N5O7/c1-7(21)12(19-13(24)8(16)5-10(17)22)14(25)18-6-11(23)20-4-2-3-9(20)15(26)27/h7-9,12,21H,2-6,16H2,1H3,(H2,17,22)(H,18,25)(H,19,24)(H,26,27). The molecule has 4 atom stereocenters. The second-order valence-corrected chi connectivity index (χ2v) is 6.30. The van der Waals surface area contributed by atoms with Crippen molar-refractivity contribution in [3.63, 3.8) is 0 Å². The first-order valence-corrected chi connectivity index (χ1v) is 8.37. The molecule has 1 heterocycles. The van der Waals surface area contributed by atoms with Crippen molar-refractivity contribution < 1.29 is 34.2 Å². The molecular weight excluding hydrogens is 362 g/mol. The second-order valence-electron chi connectivity index (χ2n) is 6.30. The molecule has 1 aliphatic heterocycles. The number of likely N-dealkylation sites (tertiary alicyclic amines) is 1. The van der Waals surface area contributed by atoms with Crippen LogP contribution in [0.2, 0.25) is 0 Å². The Morgan fingerprint density at radius 3 is 2.37 bits per heavy atom. The van der Waals surface area contributed by atoms with Crippen LogP contribution in [0, 0.1) is 0 Å². The molecule has 0 aliphatic carbocycles. The van der Waals surface area contributed by atoms with Crippen molar-refractivity contribution in [2.45, 2.75) is 50.4 Å². The van der Waals surface area contributed by atoms with Gasteiger partial charge in [-0.15, -0.1) is 0 Å². The fourth-order valence-corrected chi connectivity index (χ4v) is 2.67. The van der Waals surface area contributed by atoms with E-state index in [-0.39, 0.29) is 6.54 Å². The molecule has 0 aromatic heterocycles. The number of hydrogen-bond acceptors (Lipinski definition) is 7. The average Bonchev–Trinajstić information content (AvgIpc) is 3.06. The highest BCUT2D eigenvalue weighted by Gasteiger charge is 2.34. The van der Waals surface area contributed by atoms with Crippen molar-refractivity contribution in [2.75, 3.05) is 13.1 Å². The van der Waals surface area contributed by atoms with Gasteiger partial charge in [-0.1, -0.05) is 0 Å². The van der Waals surface area contributed by atoms with Gasteiger partial charge in [0.25, 0.3) is 0 Å². The third kappa shape index (κ3) is 6.49. The van der Waals surface area contributed by atoms with Gasteiger partial charge in [0.05, 0.1) is 25.1 Å². The Morgan fingerprint density at radius 1 is 1.22 bits per heavy atom.